The van der Waals surface area contributed by atoms with E-state index in [-0.39, 0.29) is 17.5 Å². The van der Waals surface area contributed by atoms with Gasteiger partial charge in [-0.2, -0.15) is 5.10 Å². The standard InChI is InChI=1S/C16H21N5O2/c1-10-5-6-14(20(10)2)16(23)21-7-3-4-11(9-21)12-8-13(15(17)22)19-18-12/h5-6,8,11H,3-4,7,9H2,1-2H3,(H2,17,22)(H,18,19)/t11-/m0/s1. The largest absolute Gasteiger partial charge is 0.364 e. The molecule has 1 aliphatic rings. The normalized spacial score (nSPS) is 18.2. The fraction of sp³-hybridized carbons (Fsp3) is 0.438. The molecule has 3 heterocycles. The van der Waals surface area contributed by atoms with Crippen LogP contribution >= 0.6 is 0 Å². The number of aromatic amines is 1. The molecular weight excluding hydrogens is 294 g/mol. The van der Waals surface area contributed by atoms with Crippen molar-refractivity contribution in [3.8, 4) is 0 Å². The first-order chi connectivity index (χ1) is 11.0. The molecule has 0 bridgehead atoms. The molecule has 0 spiro atoms. The third kappa shape index (κ3) is 2.86. The molecule has 1 aliphatic heterocycles. The molecule has 2 amide bonds. The predicted octanol–water partition coefficient (Wildman–Crippen LogP) is 1.18. The summed E-state index contributed by atoms with van der Waals surface area (Å²) in [5, 5.41) is 6.81. The van der Waals surface area contributed by atoms with Crippen molar-refractivity contribution in [2.45, 2.75) is 25.7 Å². The molecule has 7 nitrogen and oxygen atoms in total. The first-order valence-electron chi connectivity index (χ1n) is 7.74. The molecule has 0 unspecified atom stereocenters. The molecular formula is C16H21N5O2. The van der Waals surface area contributed by atoms with Crippen LogP contribution in [0.4, 0.5) is 0 Å². The molecule has 1 atom stereocenters. The van der Waals surface area contributed by atoms with Gasteiger partial charge in [0.1, 0.15) is 11.4 Å². The lowest BCUT2D eigenvalue weighted by Gasteiger charge is -2.32. The Morgan fingerprint density at radius 1 is 1.39 bits per heavy atom. The number of carbonyl (C=O) groups excluding carboxylic acids is 2. The van der Waals surface area contributed by atoms with E-state index in [1.165, 1.54) is 0 Å². The van der Waals surface area contributed by atoms with Crippen molar-refractivity contribution < 1.29 is 9.59 Å². The fourth-order valence-corrected chi connectivity index (χ4v) is 3.08. The van der Waals surface area contributed by atoms with Gasteiger partial charge in [-0.25, -0.2) is 0 Å². The van der Waals surface area contributed by atoms with E-state index in [9.17, 15) is 9.59 Å². The van der Waals surface area contributed by atoms with E-state index < -0.39 is 5.91 Å². The van der Waals surface area contributed by atoms with Gasteiger partial charge in [0.2, 0.25) is 0 Å². The number of nitrogens with zero attached hydrogens (tertiary/aromatic N) is 3. The Hall–Kier alpha value is -2.57. The average Bonchev–Trinajstić information content (AvgIpc) is 3.15. The third-order valence-electron chi connectivity index (χ3n) is 4.59. The Bertz CT molecular complexity index is 745. The van der Waals surface area contributed by atoms with Gasteiger partial charge < -0.3 is 15.2 Å². The van der Waals surface area contributed by atoms with Gasteiger partial charge in [-0.15, -0.1) is 0 Å². The second kappa shape index (κ2) is 5.91. The molecule has 1 saturated heterocycles. The van der Waals surface area contributed by atoms with Gasteiger partial charge in [-0.3, -0.25) is 14.7 Å². The van der Waals surface area contributed by atoms with E-state index in [1.807, 2.05) is 35.6 Å². The van der Waals surface area contributed by atoms with Crippen LogP contribution in [0.3, 0.4) is 0 Å². The highest BCUT2D eigenvalue weighted by Gasteiger charge is 2.28. The second-order valence-corrected chi connectivity index (χ2v) is 6.08. The molecule has 3 rings (SSSR count). The number of aryl methyl sites for hydroxylation is 1. The minimum Gasteiger partial charge on any atom is -0.364 e. The van der Waals surface area contributed by atoms with E-state index in [2.05, 4.69) is 10.2 Å². The molecule has 0 aliphatic carbocycles. The molecule has 3 N–H and O–H groups in total. The zero-order valence-corrected chi connectivity index (χ0v) is 13.4. The number of nitrogens with two attached hydrogens (primary N) is 1. The highest BCUT2D eigenvalue weighted by molar-refractivity contribution is 5.93. The quantitative estimate of drug-likeness (QED) is 0.890. The summed E-state index contributed by atoms with van der Waals surface area (Å²) in [4.78, 5) is 25.8. The van der Waals surface area contributed by atoms with Crippen molar-refractivity contribution in [2.24, 2.45) is 12.8 Å². The Labute approximate surface area is 134 Å². The van der Waals surface area contributed by atoms with Crippen molar-refractivity contribution in [1.82, 2.24) is 19.7 Å². The van der Waals surface area contributed by atoms with Crippen LogP contribution in [0.15, 0.2) is 18.2 Å². The lowest BCUT2D eigenvalue weighted by Crippen LogP contribution is -2.40. The number of likely N-dealkylation sites (tertiary alicyclic amines) is 1. The second-order valence-electron chi connectivity index (χ2n) is 6.08. The van der Waals surface area contributed by atoms with Crippen LogP contribution in [0.25, 0.3) is 0 Å². The van der Waals surface area contributed by atoms with Gasteiger partial charge in [0.05, 0.1) is 0 Å². The first kappa shape index (κ1) is 15.3. The van der Waals surface area contributed by atoms with E-state index in [0.717, 1.165) is 30.8 Å². The van der Waals surface area contributed by atoms with E-state index in [4.69, 9.17) is 5.73 Å². The zero-order chi connectivity index (χ0) is 16.6. The van der Waals surface area contributed by atoms with Crippen molar-refractivity contribution in [1.29, 1.82) is 0 Å². The summed E-state index contributed by atoms with van der Waals surface area (Å²) < 4.78 is 1.91. The Balaban J connectivity index is 1.76. The number of hydrogen-bond acceptors (Lipinski definition) is 3. The van der Waals surface area contributed by atoms with Crippen LogP contribution in [0.5, 0.6) is 0 Å². The summed E-state index contributed by atoms with van der Waals surface area (Å²) in [5.74, 6) is -0.356. The Kier molecular flexibility index (Phi) is 3.94. The van der Waals surface area contributed by atoms with Gasteiger partial charge in [0, 0.05) is 37.4 Å². The maximum absolute atomic E-state index is 12.7. The van der Waals surface area contributed by atoms with Crippen LogP contribution < -0.4 is 5.73 Å². The molecule has 0 saturated carbocycles. The number of hydrogen-bond donors (Lipinski definition) is 2. The topological polar surface area (TPSA) is 97.0 Å². The predicted molar refractivity (Wildman–Crippen MR) is 85.1 cm³/mol. The van der Waals surface area contributed by atoms with Gasteiger partial charge in [0.25, 0.3) is 11.8 Å². The van der Waals surface area contributed by atoms with Crippen LogP contribution in [-0.4, -0.2) is 44.6 Å². The number of primary amides is 1. The van der Waals surface area contributed by atoms with E-state index in [1.54, 1.807) is 6.07 Å². The number of carbonyl (C=O) groups is 2. The molecule has 0 radical (unpaired) electrons. The summed E-state index contributed by atoms with van der Waals surface area (Å²) >= 11 is 0. The molecule has 23 heavy (non-hydrogen) atoms. The van der Waals surface area contributed by atoms with Gasteiger partial charge in [-0.05, 0) is 38.0 Å². The number of rotatable bonds is 3. The molecule has 2 aromatic rings. The first-order valence-corrected chi connectivity index (χ1v) is 7.74. The Morgan fingerprint density at radius 2 is 2.17 bits per heavy atom. The van der Waals surface area contributed by atoms with E-state index >= 15 is 0 Å². The van der Waals surface area contributed by atoms with Crippen LogP contribution in [0.2, 0.25) is 0 Å². The van der Waals surface area contributed by atoms with Crippen molar-refractivity contribution in [2.75, 3.05) is 13.1 Å². The van der Waals surface area contributed by atoms with Crippen molar-refractivity contribution in [3.05, 3.63) is 41.0 Å². The van der Waals surface area contributed by atoms with Crippen LogP contribution in [0.1, 0.15) is 51.1 Å². The van der Waals surface area contributed by atoms with Gasteiger partial charge in [0.15, 0.2) is 0 Å². The summed E-state index contributed by atoms with van der Waals surface area (Å²) in [6.07, 6.45) is 1.88. The zero-order valence-electron chi connectivity index (χ0n) is 13.4. The highest BCUT2D eigenvalue weighted by atomic mass is 16.2. The molecule has 2 aromatic heterocycles. The maximum Gasteiger partial charge on any atom is 0.270 e. The fourth-order valence-electron chi connectivity index (χ4n) is 3.08. The number of nitrogens with one attached hydrogen (secondary N) is 1. The Morgan fingerprint density at radius 3 is 2.78 bits per heavy atom. The molecule has 1 fully saturated rings. The monoisotopic (exact) mass is 315 g/mol. The number of piperidine rings is 1. The van der Waals surface area contributed by atoms with Crippen LogP contribution in [0, 0.1) is 6.92 Å². The minimum absolute atomic E-state index is 0.0416. The number of aromatic nitrogens is 3. The molecule has 0 aromatic carbocycles. The minimum atomic E-state index is -0.546. The highest BCUT2D eigenvalue weighted by Crippen LogP contribution is 2.27. The third-order valence-corrected chi connectivity index (χ3v) is 4.59. The lowest BCUT2D eigenvalue weighted by atomic mass is 9.94. The van der Waals surface area contributed by atoms with Gasteiger partial charge in [-0.1, -0.05) is 0 Å². The lowest BCUT2D eigenvalue weighted by molar-refractivity contribution is 0.0695. The smallest absolute Gasteiger partial charge is 0.270 e. The summed E-state index contributed by atoms with van der Waals surface area (Å²) in [5.41, 5.74) is 8.09. The molecule has 7 heteroatoms. The summed E-state index contributed by atoms with van der Waals surface area (Å²) in [6.45, 7) is 3.34. The van der Waals surface area contributed by atoms with Gasteiger partial charge >= 0.3 is 0 Å². The van der Waals surface area contributed by atoms with Crippen molar-refractivity contribution >= 4 is 11.8 Å². The van der Waals surface area contributed by atoms with Crippen molar-refractivity contribution in [3.63, 3.8) is 0 Å². The van der Waals surface area contributed by atoms with Crippen LogP contribution in [-0.2, 0) is 7.05 Å². The number of H-pyrrole nitrogens is 1. The molecule has 122 valence electrons. The number of amides is 2. The SMILES string of the molecule is Cc1ccc(C(=O)N2CCC[C@H](c3cc(C(N)=O)n[nH]3)C2)n1C. The average molecular weight is 315 g/mol. The van der Waals surface area contributed by atoms with E-state index in [0.29, 0.717) is 12.2 Å². The maximum atomic E-state index is 12.7. The summed E-state index contributed by atoms with van der Waals surface area (Å²) in [6, 6.07) is 5.50. The summed E-state index contributed by atoms with van der Waals surface area (Å²) in [7, 11) is 1.90.